The summed E-state index contributed by atoms with van der Waals surface area (Å²) in [7, 11) is -3.64. The van der Waals surface area contributed by atoms with Gasteiger partial charge in [-0.3, -0.25) is 4.79 Å². The minimum atomic E-state index is -3.64. The molecule has 136 valence electrons. The van der Waals surface area contributed by atoms with Crippen molar-refractivity contribution in [1.29, 1.82) is 0 Å². The Kier molecular flexibility index (Phi) is 5.82. The van der Waals surface area contributed by atoms with Crippen LogP contribution in [0.1, 0.15) is 0 Å². The van der Waals surface area contributed by atoms with Gasteiger partial charge < -0.3 is 10.1 Å². The van der Waals surface area contributed by atoms with E-state index < -0.39 is 10.0 Å². The normalized spacial score (nSPS) is 11.4. The minimum Gasteiger partial charge on any atom is -0.484 e. The molecular weight excluding hydrogens is 374 g/mol. The number of para-hydroxylation sites is 1. The number of nitrogens with zero attached hydrogens (tertiary/aromatic N) is 1. The SMILES string of the molecule is O=C(COc1ccccc1)NCCNS(=O)(=O)c1ccc2ncsc2c1. The Morgan fingerprint density at radius 1 is 1.12 bits per heavy atom. The maximum atomic E-state index is 12.3. The fourth-order valence-corrected chi connectivity index (χ4v) is 4.04. The van der Waals surface area contributed by atoms with Gasteiger partial charge >= 0.3 is 0 Å². The van der Waals surface area contributed by atoms with E-state index in [2.05, 4.69) is 15.0 Å². The number of aromatic nitrogens is 1. The van der Waals surface area contributed by atoms with Crippen molar-refractivity contribution in [2.24, 2.45) is 0 Å². The summed E-state index contributed by atoms with van der Waals surface area (Å²) in [6.45, 7) is 0.123. The highest BCUT2D eigenvalue weighted by atomic mass is 32.2. The molecule has 2 aromatic carbocycles. The second kappa shape index (κ2) is 8.26. The average molecular weight is 391 g/mol. The monoisotopic (exact) mass is 391 g/mol. The highest BCUT2D eigenvalue weighted by Gasteiger charge is 2.14. The maximum absolute atomic E-state index is 12.3. The van der Waals surface area contributed by atoms with Gasteiger partial charge in [-0.2, -0.15) is 0 Å². The van der Waals surface area contributed by atoms with Crippen LogP contribution in [0.25, 0.3) is 10.2 Å². The average Bonchev–Trinajstić information content (AvgIpc) is 3.12. The lowest BCUT2D eigenvalue weighted by atomic mass is 10.3. The number of benzene rings is 2. The predicted molar refractivity (Wildman–Crippen MR) is 99.8 cm³/mol. The van der Waals surface area contributed by atoms with E-state index in [-0.39, 0.29) is 30.5 Å². The smallest absolute Gasteiger partial charge is 0.257 e. The van der Waals surface area contributed by atoms with Crippen molar-refractivity contribution in [3.8, 4) is 5.75 Å². The number of hydrogen-bond donors (Lipinski definition) is 2. The fraction of sp³-hybridized carbons (Fsp3) is 0.176. The van der Waals surface area contributed by atoms with Crippen LogP contribution in [0.15, 0.2) is 58.9 Å². The zero-order valence-corrected chi connectivity index (χ0v) is 15.3. The van der Waals surface area contributed by atoms with Crippen LogP contribution in [0.4, 0.5) is 0 Å². The Bertz CT molecular complexity index is 987. The van der Waals surface area contributed by atoms with E-state index in [0.29, 0.717) is 5.75 Å². The van der Waals surface area contributed by atoms with Gasteiger partial charge in [-0.05, 0) is 30.3 Å². The van der Waals surface area contributed by atoms with Gasteiger partial charge in [-0.25, -0.2) is 18.1 Å². The van der Waals surface area contributed by atoms with Crippen LogP contribution in [-0.4, -0.2) is 39.0 Å². The summed E-state index contributed by atoms with van der Waals surface area (Å²) < 4.78 is 33.2. The van der Waals surface area contributed by atoms with Crippen LogP contribution in [0.3, 0.4) is 0 Å². The third-order valence-electron chi connectivity index (χ3n) is 3.47. The van der Waals surface area contributed by atoms with Crippen molar-refractivity contribution < 1.29 is 17.9 Å². The lowest BCUT2D eigenvalue weighted by Crippen LogP contribution is -2.36. The lowest BCUT2D eigenvalue weighted by molar-refractivity contribution is -0.123. The Morgan fingerprint density at radius 3 is 2.73 bits per heavy atom. The van der Waals surface area contributed by atoms with Gasteiger partial charge in [0.1, 0.15) is 5.75 Å². The number of nitrogens with one attached hydrogen (secondary N) is 2. The Hall–Kier alpha value is -2.49. The fourth-order valence-electron chi connectivity index (χ4n) is 2.19. The summed E-state index contributed by atoms with van der Waals surface area (Å²) in [5, 5.41) is 2.60. The second-order valence-corrected chi connectivity index (χ2v) is 7.98. The molecule has 0 aliphatic carbocycles. The van der Waals surface area contributed by atoms with Gasteiger partial charge in [0.05, 0.1) is 20.6 Å². The zero-order valence-electron chi connectivity index (χ0n) is 13.7. The molecule has 7 nitrogen and oxygen atoms in total. The number of amides is 1. The number of ether oxygens (including phenoxy) is 1. The number of carbonyl (C=O) groups is 1. The number of rotatable bonds is 8. The number of carbonyl (C=O) groups excluding carboxylic acids is 1. The first-order valence-electron chi connectivity index (χ1n) is 7.82. The zero-order chi connectivity index (χ0) is 18.4. The molecule has 1 amide bonds. The summed E-state index contributed by atoms with van der Waals surface area (Å²) in [6.07, 6.45) is 0. The molecule has 0 spiro atoms. The Balaban J connectivity index is 1.44. The number of hydrogen-bond acceptors (Lipinski definition) is 6. The molecule has 0 unspecified atom stereocenters. The topological polar surface area (TPSA) is 97.4 Å². The van der Waals surface area contributed by atoms with Crippen LogP contribution >= 0.6 is 11.3 Å². The molecule has 0 bridgehead atoms. The summed E-state index contributed by atoms with van der Waals surface area (Å²) in [5.41, 5.74) is 2.43. The molecule has 26 heavy (non-hydrogen) atoms. The van der Waals surface area contributed by atoms with E-state index in [1.54, 1.807) is 29.8 Å². The molecule has 0 atom stereocenters. The van der Waals surface area contributed by atoms with Crippen LogP contribution < -0.4 is 14.8 Å². The summed E-state index contributed by atoms with van der Waals surface area (Å²) in [6, 6.07) is 13.7. The first-order valence-corrected chi connectivity index (χ1v) is 10.2. The molecule has 0 aliphatic rings. The highest BCUT2D eigenvalue weighted by molar-refractivity contribution is 7.89. The number of thiazole rings is 1. The van der Waals surface area contributed by atoms with E-state index in [4.69, 9.17) is 4.74 Å². The van der Waals surface area contributed by atoms with Crippen LogP contribution in [0.2, 0.25) is 0 Å². The number of fused-ring (bicyclic) bond motifs is 1. The lowest BCUT2D eigenvalue weighted by Gasteiger charge is -2.09. The Morgan fingerprint density at radius 2 is 1.92 bits per heavy atom. The Labute approximate surface area is 155 Å². The molecule has 0 radical (unpaired) electrons. The van der Waals surface area contributed by atoms with Gasteiger partial charge in [0.25, 0.3) is 5.91 Å². The molecule has 0 saturated carbocycles. The van der Waals surface area contributed by atoms with Crippen molar-refractivity contribution in [2.75, 3.05) is 19.7 Å². The molecule has 0 fully saturated rings. The van der Waals surface area contributed by atoms with Gasteiger partial charge in [0, 0.05) is 13.1 Å². The molecule has 0 aliphatic heterocycles. The summed E-state index contributed by atoms with van der Waals surface area (Å²) in [5.74, 6) is 0.279. The molecular formula is C17H17N3O4S2. The third kappa shape index (κ3) is 4.78. The first-order chi connectivity index (χ1) is 12.5. The van der Waals surface area contributed by atoms with E-state index in [9.17, 15) is 13.2 Å². The van der Waals surface area contributed by atoms with E-state index in [1.165, 1.54) is 17.4 Å². The second-order valence-electron chi connectivity index (χ2n) is 5.33. The quantitative estimate of drug-likeness (QED) is 0.571. The molecule has 1 aromatic heterocycles. The molecule has 3 rings (SSSR count). The first kappa shape index (κ1) is 18.3. The highest BCUT2D eigenvalue weighted by Crippen LogP contribution is 2.21. The predicted octanol–water partition coefficient (Wildman–Crippen LogP) is 1.77. The van der Waals surface area contributed by atoms with E-state index in [0.717, 1.165) is 10.2 Å². The van der Waals surface area contributed by atoms with Crippen molar-refractivity contribution in [3.05, 3.63) is 54.0 Å². The van der Waals surface area contributed by atoms with Gasteiger partial charge in [-0.15, -0.1) is 11.3 Å². The van der Waals surface area contributed by atoms with Crippen LogP contribution in [-0.2, 0) is 14.8 Å². The largest absolute Gasteiger partial charge is 0.484 e. The minimum absolute atomic E-state index is 0.0835. The molecule has 9 heteroatoms. The molecule has 2 N–H and O–H groups in total. The van der Waals surface area contributed by atoms with Gasteiger partial charge in [0.15, 0.2) is 6.61 Å². The van der Waals surface area contributed by atoms with Crippen LogP contribution in [0, 0.1) is 0 Å². The van der Waals surface area contributed by atoms with Gasteiger partial charge in [-0.1, -0.05) is 18.2 Å². The van der Waals surface area contributed by atoms with Crippen LogP contribution in [0.5, 0.6) is 5.75 Å². The molecule has 0 saturated heterocycles. The number of sulfonamides is 1. The summed E-state index contributed by atoms with van der Waals surface area (Å²) >= 11 is 1.38. The van der Waals surface area contributed by atoms with E-state index in [1.807, 2.05) is 18.2 Å². The summed E-state index contributed by atoms with van der Waals surface area (Å²) in [4.78, 5) is 16.0. The standard InChI is InChI=1S/C17H17N3O4S2/c21-17(11-24-13-4-2-1-3-5-13)18-8-9-20-26(22,23)14-6-7-15-16(10-14)25-12-19-15/h1-7,10,12,20H,8-9,11H2,(H,18,21). The van der Waals surface area contributed by atoms with E-state index >= 15 is 0 Å². The third-order valence-corrected chi connectivity index (χ3v) is 5.72. The van der Waals surface area contributed by atoms with Crippen molar-refractivity contribution >= 4 is 37.5 Å². The van der Waals surface area contributed by atoms with Crippen molar-refractivity contribution in [3.63, 3.8) is 0 Å². The van der Waals surface area contributed by atoms with Crippen molar-refractivity contribution in [2.45, 2.75) is 4.90 Å². The molecule has 1 heterocycles. The van der Waals surface area contributed by atoms with Crippen molar-refractivity contribution in [1.82, 2.24) is 15.0 Å². The maximum Gasteiger partial charge on any atom is 0.257 e. The van der Waals surface area contributed by atoms with Gasteiger partial charge in [0.2, 0.25) is 10.0 Å². The molecule has 3 aromatic rings.